The number of nitrogens with zero attached hydrogens (tertiary/aromatic N) is 1. The first kappa shape index (κ1) is 17.6. The molecule has 0 spiro atoms. The van der Waals surface area contributed by atoms with Crippen molar-refractivity contribution in [3.63, 3.8) is 0 Å². The van der Waals surface area contributed by atoms with Crippen molar-refractivity contribution in [2.24, 2.45) is 11.7 Å². The Balaban J connectivity index is 2.19. The van der Waals surface area contributed by atoms with Crippen molar-refractivity contribution >= 4 is 23.4 Å². The maximum absolute atomic E-state index is 12.8. The van der Waals surface area contributed by atoms with Crippen LogP contribution < -0.4 is 5.73 Å². The lowest BCUT2D eigenvalue weighted by Crippen LogP contribution is -2.41. The number of carbonyl (C=O) groups is 2. The van der Waals surface area contributed by atoms with Gasteiger partial charge in [-0.2, -0.15) is 13.2 Å². The van der Waals surface area contributed by atoms with Gasteiger partial charge in [0.15, 0.2) is 0 Å². The Bertz CT molecular complexity index is 619. The molecule has 1 aromatic rings. The van der Waals surface area contributed by atoms with Gasteiger partial charge in [-0.05, 0) is 37.0 Å². The van der Waals surface area contributed by atoms with E-state index in [1.54, 1.807) is 0 Å². The van der Waals surface area contributed by atoms with Gasteiger partial charge < -0.3 is 10.6 Å². The van der Waals surface area contributed by atoms with Gasteiger partial charge in [0, 0.05) is 30.1 Å². The van der Waals surface area contributed by atoms with Crippen molar-refractivity contribution in [1.82, 2.24) is 4.90 Å². The average molecular weight is 349 g/mol. The number of hydrogen-bond acceptors (Lipinski definition) is 2. The Kier molecular flexibility index (Phi) is 5.19. The van der Waals surface area contributed by atoms with Gasteiger partial charge in [-0.3, -0.25) is 9.59 Å². The fourth-order valence-corrected chi connectivity index (χ4v) is 3.00. The van der Waals surface area contributed by atoms with Crippen LogP contribution in [-0.2, 0) is 11.0 Å². The number of rotatable bonds is 3. The van der Waals surface area contributed by atoms with E-state index in [0.717, 1.165) is 18.6 Å². The zero-order valence-electron chi connectivity index (χ0n) is 12.2. The van der Waals surface area contributed by atoms with Crippen LogP contribution in [0.25, 0.3) is 0 Å². The molecule has 1 heterocycles. The second kappa shape index (κ2) is 6.78. The van der Waals surface area contributed by atoms with Crippen LogP contribution in [-0.4, -0.2) is 29.8 Å². The van der Waals surface area contributed by atoms with Gasteiger partial charge in [-0.15, -0.1) is 0 Å². The molecule has 1 fully saturated rings. The van der Waals surface area contributed by atoms with Crippen molar-refractivity contribution in [2.75, 3.05) is 13.1 Å². The van der Waals surface area contributed by atoms with Crippen LogP contribution in [0.2, 0.25) is 5.02 Å². The molecule has 0 unspecified atom stereocenters. The van der Waals surface area contributed by atoms with Crippen LogP contribution in [0.1, 0.15) is 35.2 Å². The van der Waals surface area contributed by atoms with E-state index in [9.17, 15) is 22.8 Å². The summed E-state index contributed by atoms with van der Waals surface area (Å²) in [6.45, 7) is 0.734. The highest BCUT2D eigenvalue weighted by Gasteiger charge is 2.33. The molecule has 0 aromatic heterocycles. The molecule has 2 amide bonds. The minimum absolute atomic E-state index is 0.0635. The summed E-state index contributed by atoms with van der Waals surface area (Å²) < 4.78 is 38.5. The molecule has 0 radical (unpaired) electrons. The maximum Gasteiger partial charge on any atom is 0.416 e. The molecule has 4 nitrogen and oxygen atoms in total. The number of carbonyl (C=O) groups excluding carboxylic acids is 2. The summed E-state index contributed by atoms with van der Waals surface area (Å²) in [4.78, 5) is 24.9. The Morgan fingerprint density at radius 2 is 2.00 bits per heavy atom. The van der Waals surface area contributed by atoms with E-state index in [1.165, 1.54) is 11.0 Å². The van der Waals surface area contributed by atoms with Crippen LogP contribution in [0.15, 0.2) is 18.2 Å². The maximum atomic E-state index is 12.8. The molecule has 1 aromatic carbocycles. The Morgan fingerprint density at radius 3 is 2.61 bits per heavy atom. The molecule has 8 heteroatoms. The minimum atomic E-state index is -4.57. The van der Waals surface area contributed by atoms with Crippen molar-refractivity contribution in [3.8, 4) is 0 Å². The van der Waals surface area contributed by atoms with Gasteiger partial charge in [0.25, 0.3) is 5.91 Å². The van der Waals surface area contributed by atoms with Crippen molar-refractivity contribution in [3.05, 3.63) is 34.3 Å². The van der Waals surface area contributed by atoms with E-state index in [4.69, 9.17) is 17.3 Å². The monoisotopic (exact) mass is 348 g/mol. The molecular formula is C15H16ClF3N2O2. The lowest BCUT2D eigenvalue weighted by atomic mass is 9.94. The van der Waals surface area contributed by atoms with Crippen LogP contribution in [0.3, 0.4) is 0 Å². The molecule has 1 atom stereocenters. The molecule has 1 aliphatic rings. The third kappa shape index (κ3) is 4.60. The van der Waals surface area contributed by atoms with Crippen LogP contribution in [0.4, 0.5) is 13.2 Å². The van der Waals surface area contributed by atoms with Crippen LogP contribution in [0, 0.1) is 5.92 Å². The van der Waals surface area contributed by atoms with E-state index in [-0.39, 0.29) is 22.9 Å². The summed E-state index contributed by atoms with van der Waals surface area (Å²) >= 11 is 5.70. The lowest BCUT2D eigenvalue weighted by Gasteiger charge is -2.32. The highest BCUT2D eigenvalue weighted by Crippen LogP contribution is 2.32. The van der Waals surface area contributed by atoms with Gasteiger partial charge in [0.2, 0.25) is 5.91 Å². The Hall–Kier alpha value is -1.76. The van der Waals surface area contributed by atoms with Crippen LogP contribution in [0.5, 0.6) is 0 Å². The van der Waals surface area contributed by atoms with Gasteiger partial charge >= 0.3 is 6.18 Å². The summed E-state index contributed by atoms with van der Waals surface area (Å²) in [5, 5.41) is -0.145. The molecule has 2 N–H and O–H groups in total. The molecule has 1 saturated heterocycles. The summed E-state index contributed by atoms with van der Waals surface area (Å²) in [5.41, 5.74) is 4.09. The number of likely N-dealkylation sites (tertiary alicyclic amines) is 1. The highest BCUT2D eigenvalue weighted by molar-refractivity contribution is 6.31. The normalized spacial score (nSPS) is 18.8. The van der Waals surface area contributed by atoms with E-state index >= 15 is 0 Å². The Morgan fingerprint density at radius 1 is 1.30 bits per heavy atom. The first-order chi connectivity index (χ1) is 10.7. The summed E-state index contributed by atoms with van der Waals surface area (Å²) in [6.07, 6.45) is -2.98. The molecule has 2 rings (SSSR count). The molecule has 0 aliphatic carbocycles. The summed E-state index contributed by atoms with van der Waals surface area (Å²) in [7, 11) is 0. The third-order valence-corrected chi connectivity index (χ3v) is 3.99. The molecule has 0 bridgehead atoms. The largest absolute Gasteiger partial charge is 0.416 e. The fraction of sp³-hybridized carbons (Fsp3) is 0.467. The SMILES string of the molecule is NC(=O)C[C@@H]1CCCN(C(=O)c2cc(Cl)cc(C(F)(F)F)c2)C1. The van der Waals surface area contributed by atoms with Gasteiger partial charge in [-0.1, -0.05) is 11.6 Å². The van der Waals surface area contributed by atoms with Crippen molar-refractivity contribution < 1.29 is 22.8 Å². The standard InChI is InChI=1S/C15H16ClF3N2O2/c16-12-6-10(5-11(7-12)15(17,18)19)14(23)21-3-1-2-9(8-21)4-13(20)22/h5-7,9H,1-4,8H2,(H2,20,22)/t9-/m0/s1. The van der Waals surface area contributed by atoms with Crippen LogP contribution >= 0.6 is 11.6 Å². The summed E-state index contributed by atoms with van der Waals surface area (Å²) in [5.74, 6) is -1.04. The smallest absolute Gasteiger partial charge is 0.370 e. The van der Waals surface area contributed by atoms with Gasteiger partial charge in [0.1, 0.15) is 0 Å². The number of primary amides is 1. The number of alkyl halides is 3. The highest BCUT2D eigenvalue weighted by atomic mass is 35.5. The molecule has 0 saturated carbocycles. The fourth-order valence-electron chi connectivity index (χ4n) is 2.76. The number of nitrogens with two attached hydrogens (primary N) is 1. The quantitative estimate of drug-likeness (QED) is 0.912. The van der Waals surface area contributed by atoms with E-state index < -0.39 is 23.6 Å². The number of piperidine rings is 1. The van der Waals surface area contributed by atoms with Gasteiger partial charge in [-0.25, -0.2) is 0 Å². The van der Waals surface area contributed by atoms with E-state index in [1.807, 2.05) is 0 Å². The Labute approximate surface area is 136 Å². The topological polar surface area (TPSA) is 63.4 Å². The lowest BCUT2D eigenvalue weighted by molar-refractivity contribution is -0.137. The number of hydrogen-bond donors (Lipinski definition) is 1. The van der Waals surface area contributed by atoms with E-state index in [2.05, 4.69) is 0 Å². The second-order valence-corrected chi connectivity index (χ2v) is 6.09. The predicted octanol–water partition coefficient (Wildman–Crippen LogP) is 3.09. The van der Waals surface area contributed by atoms with Gasteiger partial charge in [0.05, 0.1) is 5.56 Å². The predicted molar refractivity (Wildman–Crippen MR) is 78.9 cm³/mol. The number of benzene rings is 1. The number of halogens is 4. The number of amides is 2. The minimum Gasteiger partial charge on any atom is -0.370 e. The van der Waals surface area contributed by atoms with E-state index in [0.29, 0.717) is 19.5 Å². The second-order valence-electron chi connectivity index (χ2n) is 5.66. The first-order valence-electron chi connectivity index (χ1n) is 7.12. The zero-order valence-corrected chi connectivity index (χ0v) is 13.0. The zero-order chi connectivity index (χ0) is 17.2. The molecular weight excluding hydrogens is 333 g/mol. The average Bonchev–Trinajstić information content (AvgIpc) is 2.44. The first-order valence-corrected chi connectivity index (χ1v) is 7.50. The molecule has 1 aliphatic heterocycles. The molecule has 126 valence electrons. The molecule has 23 heavy (non-hydrogen) atoms. The van der Waals surface area contributed by atoms with Crippen molar-refractivity contribution in [1.29, 1.82) is 0 Å². The van der Waals surface area contributed by atoms with Crippen molar-refractivity contribution in [2.45, 2.75) is 25.4 Å². The summed E-state index contributed by atoms with van der Waals surface area (Å²) in [6, 6.07) is 2.80. The third-order valence-electron chi connectivity index (χ3n) is 3.77.